The molecule has 1 saturated carbocycles. The molecule has 1 fully saturated rings. The fourth-order valence-corrected chi connectivity index (χ4v) is 3.02. The molecule has 2 atom stereocenters. The van der Waals surface area contributed by atoms with Crippen LogP contribution in [0.4, 0.5) is 0 Å². The Morgan fingerprint density at radius 2 is 2.36 bits per heavy atom. The number of pyridine rings is 1. The molecule has 72 valence electrons. The van der Waals surface area contributed by atoms with Gasteiger partial charge in [0.1, 0.15) is 0 Å². The highest BCUT2D eigenvalue weighted by atomic mass is 32.2. The highest BCUT2D eigenvalue weighted by molar-refractivity contribution is 7.99. The molecule has 1 aliphatic carbocycles. The lowest BCUT2D eigenvalue weighted by Crippen LogP contribution is -2.07. The molecular weight excluding hydrogens is 192 g/mol. The average molecular weight is 204 g/mol. The molecule has 1 aliphatic rings. The molecule has 0 saturated heterocycles. The highest BCUT2D eigenvalue weighted by Crippen LogP contribution is 2.37. The molecule has 1 heterocycles. The van der Waals surface area contributed by atoms with Crippen LogP contribution in [0.1, 0.15) is 19.3 Å². The van der Waals surface area contributed by atoms with Crippen LogP contribution in [0.5, 0.6) is 0 Å². The Bertz CT molecular complexity index is 331. The third-order valence-electron chi connectivity index (χ3n) is 2.53. The number of nitriles is 1. The van der Waals surface area contributed by atoms with Crippen molar-refractivity contribution in [1.82, 2.24) is 4.98 Å². The predicted molar refractivity (Wildman–Crippen MR) is 56.8 cm³/mol. The lowest BCUT2D eigenvalue weighted by Gasteiger charge is -2.11. The van der Waals surface area contributed by atoms with Crippen LogP contribution in [0, 0.1) is 17.2 Å². The van der Waals surface area contributed by atoms with E-state index in [1.54, 1.807) is 18.0 Å². The molecule has 0 aliphatic heterocycles. The fourth-order valence-electron chi connectivity index (χ4n) is 1.79. The van der Waals surface area contributed by atoms with E-state index < -0.39 is 0 Å². The Kier molecular flexibility index (Phi) is 3.05. The minimum absolute atomic E-state index is 0.224. The zero-order valence-corrected chi connectivity index (χ0v) is 8.70. The van der Waals surface area contributed by atoms with Crippen LogP contribution in [0.25, 0.3) is 0 Å². The number of rotatable bonds is 2. The second-order valence-electron chi connectivity index (χ2n) is 3.49. The van der Waals surface area contributed by atoms with Gasteiger partial charge in [-0.05, 0) is 25.0 Å². The van der Waals surface area contributed by atoms with Crippen molar-refractivity contribution < 1.29 is 0 Å². The van der Waals surface area contributed by atoms with Crippen LogP contribution in [0.2, 0.25) is 0 Å². The average Bonchev–Trinajstić information content (AvgIpc) is 2.67. The summed E-state index contributed by atoms with van der Waals surface area (Å²) in [5.41, 5.74) is 0. The van der Waals surface area contributed by atoms with Gasteiger partial charge in [-0.2, -0.15) is 5.26 Å². The molecule has 2 nitrogen and oxygen atoms in total. The van der Waals surface area contributed by atoms with Crippen LogP contribution in [0.3, 0.4) is 0 Å². The quantitative estimate of drug-likeness (QED) is 0.743. The van der Waals surface area contributed by atoms with Crippen molar-refractivity contribution in [3.63, 3.8) is 0 Å². The summed E-state index contributed by atoms with van der Waals surface area (Å²) in [6.07, 6.45) is 5.20. The van der Waals surface area contributed by atoms with E-state index in [0.29, 0.717) is 5.25 Å². The van der Waals surface area contributed by atoms with Gasteiger partial charge in [0.15, 0.2) is 0 Å². The van der Waals surface area contributed by atoms with Gasteiger partial charge in [-0.25, -0.2) is 4.98 Å². The zero-order chi connectivity index (χ0) is 9.80. The van der Waals surface area contributed by atoms with Crippen LogP contribution < -0.4 is 0 Å². The number of hydrogen-bond donors (Lipinski definition) is 0. The Labute approximate surface area is 88.4 Å². The first-order valence-corrected chi connectivity index (χ1v) is 5.75. The van der Waals surface area contributed by atoms with E-state index in [2.05, 4.69) is 11.1 Å². The van der Waals surface area contributed by atoms with Gasteiger partial charge in [0, 0.05) is 11.4 Å². The standard InChI is InChI=1S/C11H12N2S/c12-8-9-4-3-5-10(9)14-11-6-1-2-7-13-11/h1-2,6-7,9-10H,3-5H2. The first-order valence-electron chi connectivity index (χ1n) is 4.87. The summed E-state index contributed by atoms with van der Waals surface area (Å²) in [4.78, 5) is 4.26. The predicted octanol–water partition coefficient (Wildman–Crippen LogP) is 2.87. The van der Waals surface area contributed by atoms with E-state index in [9.17, 15) is 0 Å². The summed E-state index contributed by atoms with van der Waals surface area (Å²) in [5.74, 6) is 0.224. The van der Waals surface area contributed by atoms with E-state index >= 15 is 0 Å². The van der Waals surface area contributed by atoms with Gasteiger partial charge >= 0.3 is 0 Å². The summed E-state index contributed by atoms with van der Waals surface area (Å²) in [6.45, 7) is 0. The van der Waals surface area contributed by atoms with E-state index in [0.717, 1.165) is 17.9 Å². The van der Waals surface area contributed by atoms with Crippen LogP contribution >= 0.6 is 11.8 Å². The molecule has 14 heavy (non-hydrogen) atoms. The molecule has 0 amide bonds. The number of aromatic nitrogens is 1. The number of nitrogens with zero attached hydrogens (tertiary/aromatic N) is 2. The third-order valence-corrected chi connectivity index (χ3v) is 3.88. The smallest absolute Gasteiger partial charge is 0.0962 e. The van der Waals surface area contributed by atoms with Crippen molar-refractivity contribution in [2.24, 2.45) is 5.92 Å². The molecule has 1 aromatic heterocycles. The van der Waals surface area contributed by atoms with Crippen LogP contribution in [-0.2, 0) is 0 Å². The van der Waals surface area contributed by atoms with Crippen molar-refractivity contribution >= 4 is 11.8 Å². The maximum Gasteiger partial charge on any atom is 0.0962 e. The maximum atomic E-state index is 8.93. The molecule has 1 aromatic rings. The molecule has 2 unspecified atom stereocenters. The van der Waals surface area contributed by atoms with Crippen molar-refractivity contribution in [2.45, 2.75) is 29.5 Å². The molecule has 3 heteroatoms. The second-order valence-corrected chi connectivity index (χ2v) is 4.75. The molecule has 0 N–H and O–H groups in total. The van der Waals surface area contributed by atoms with Gasteiger partial charge in [0.2, 0.25) is 0 Å². The van der Waals surface area contributed by atoms with Gasteiger partial charge in [0.25, 0.3) is 0 Å². The highest BCUT2D eigenvalue weighted by Gasteiger charge is 2.28. The summed E-state index contributed by atoms with van der Waals surface area (Å²) in [6, 6.07) is 8.31. The normalized spacial score (nSPS) is 25.9. The summed E-state index contributed by atoms with van der Waals surface area (Å²) in [7, 11) is 0. The first kappa shape index (κ1) is 9.54. The van der Waals surface area contributed by atoms with Gasteiger partial charge in [-0.15, -0.1) is 11.8 Å². The van der Waals surface area contributed by atoms with Crippen LogP contribution in [-0.4, -0.2) is 10.2 Å². The minimum atomic E-state index is 0.224. The molecule has 0 bridgehead atoms. The van der Waals surface area contributed by atoms with Crippen LogP contribution in [0.15, 0.2) is 29.4 Å². The summed E-state index contributed by atoms with van der Waals surface area (Å²) in [5, 5.41) is 10.4. The van der Waals surface area contributed by atoms with E-state index in [1.807, 2.05) is 18.2 Å². The molecule has 0 spiro atoms. The largest absolute Gasteiger partial charge is 0.250 e. The molecule has 0 aromatic carbocycles. The Hall–Kier alpha value is -1.01. The molecular formula is C11H12N2S. The van der Waals surface area contributed by atoms with Gasteiger partial charge in [0.05, 0.1) is 17.0 Å². The van der Waals surface area contributed by atoms with Gasteiger partial charge < -0.3 is 0 Å². The van der Waals surface area contributed by atoms with E-state index in [1.165, 1.54) is 6.42 Å². The second kappa shape index (κ2) is 4.47. The van der Waals surface area contributed by atoms with E-state index in [4.69, 9.17) is 5.26 Å². The van der Waals surface area contributed by atoms with E-state index in [-0.39, 0.29) is 5.92 Å². The van der Waals surface area contributed by atoms with Gasteiger partial charge in [-0.3, -0.25) is 0 Å². The monoisotopic (exact) mass is 204 g/mol. The van der Waals surface area contributed by atoms with Gasteiger partial charge in [-0.1, -0.05) is 12.5 Å². The van der Waals surface area contributed by atoms with Crippen molar-refractivity contribution in [1.29, 1.82) is 5.26 Å². The lowest BCUT2D eigenvalue weighted by atomic mass is 10.1. The summed E-state index contributed by atoms with van der Waals surface area (Å²) >= 11 is 1.75. The number of hydrogen-bond acceptors (Lipinski definition) is 3. The third kappa shape index (κ3) is 2.08. The minimum Gasteiger partial charge on any atom is -0.250 e. The molecule has 2 rings (SSSR count). The van der Waals surface area contributed by atoms with Crippen molar-refractivity contribution in [3.05, 3.63) is 24.4 Å². The fraction of sp³-hybridized carbons (Fsp3) is 0.455. The number of thioether (sulfide) groups is 1. The maximum absolute atomic E-state index is 8.93. The lowest BCUT2D eigenvalue weighted by molar-refractivity contribution is 0.713. The summed E-state index contributed by atoms with van der Waals surface area (Å²) < 4.78 is 0. The van der Waals surface area contributed by atoms with Crippen molar-refractivity contribution in [3.8, 4) is 6.07 Å². The SMILES string of the molecule is N#CC1CCCC1Sc1ccccn1. The molecule has 0 radical (unpaired) electrons. The topological polar surface area (TPSA) is 36.7 Å². The Morgan fingerprint density at radius 1 is 1.43 bits per heavy atom. The van der Waals surface area contributed by atoms with Crippen molar-refractivity contribution in [2.75, 3.05) is 0 Å². The first-order chi connectivity index (χ1) is 6.90. The zero-order valence-electron chi connectivity index (χ0n) is 7.89. The Balaban J connectivity index is 2.01. The Morgan fingerprint density at radius 3 is 3.07 bits per heavy atom.